The maximum Gasteiger partial charge on any atom is 0.292 e. The molecule has 10 heteroatoms. The van der Waals surface area contributed by atoms with Gasteiger partial charge in [-0.25, -0.2) is 0 Å². The first kappa shape index (κ1) is 23.4. The van der Waals surface area contributed by atoms with E-state index in [1.165, 1.54) is 6.08 Å². The number of anilines is 2. The Morgan fingerprint density at radius 2 is 1.70 bits per heavy atom. The summed E-state index contributed by atoms with van der Waals surface area (Å²) in [5, 5.41) is 12.6. The number of rotatable bonds is 5. The van der Waals surface area contributed by atoms with Gasteiger partial charge in [0, 0.05) is 67.1 Å². The Kier molecular flexibility index (Phi) is 7.37. The largest absolute Gasteiger partial charge is 0.378 e. The molecule has 0 bridgehead atoms. The molecule has 0 aliphatic carbocycles. The van der Waals surface area contributed by atoms with Crippen molar-refractivity contribution in [3.8, 4) is 0 Å². The number of carbonyl (C=O) groups is 1. The van der Waals surface area contributed by atoms with Crippen molar-refractivity contribution in [3.05, 3.63) is 68.2 Å². The van der Waals surface area contributed by atoms with E-state index >= 15 is 0 Å². The van der Waals surface area contributed by atoms with Crippen molar-refractivity contribution < 1.29 is 14.5 Å². The fraction of sp³-hybridized carbons (Fsp3) is 0.348. The van der Waals surface area contributed by atoms with E-state index in [0.29, 0.717) is 68.2 Å². The van der Waals surface area contributed by atoms with Gasteiger partial charge in [-0.2, -0.15) is 0 Å². The summed E-state index contributed by atoms with van der Waals surface area (Å²) in [6.07, 6.45) is 3.21. The maximum atomic E-state index is 12.6. The fourth-order valence-corrected chi connectivity index (χ4v) is 4.48. The van der Waals surface area contributed by atoms with E-state index in [-0.39, 0.29) is 16.5 Å². The molecule has 0 atom stereocenters. The second-order valence-electron chi connectivity index (χ2n) is 7.84. The predicted octanol–water partition coefficient (Wildman–Crippen LogP) is 4.10. The minimum atomic E-state index is -0.343. The van der Waals surface area contributed by atoms with Crippen molar-refractivity contribution in [1.29, 1.82) is 0 Å². The van der Waals surface area contributed by atoms with Gasteiger partial charge >= 0.3 is 0 Å². The maximum absolute atomic E-state index is 12.6. The van der Waals surface area contributed by atoms with E-state index in [0.717, 1.165) is 11.3 Å². The van der Waals surface area contributed by atoms with Crippen molar-refractivity contribution in [2.75, 3.05) is 62.3 Å². The van der Waals surface area contributed by atoms with E-state index in [9.17, 15) is 14.9 Å². The molecule has 2 heterocycles. The van der Waals surface area contributed by atoms with Crippen molar-refractivity contribution >= 4 is 52.2 Å². The van der Waals surface area contributed by atoms with Gasteiger partial charge in [0.15, 0.2) is 0 Å². The van der Waals surface area contributed by atoms with Crippen LogP contribution in [0, 0.1) is 10.1 Å². The zero-order chi connectivity index (χ0) is 23.4. The number of carbonyl (C=O) groups excluding carboxylic acids is 1. The SMILES string of the molecule is O=C(/C=C/c1ccc(Cl)cc1Cl)N1CCN(c2ccc([N+](=O)[O-])c(N3CCOCC3)c2)CC1. The van der Waals surface area contributed by atoms with Gasteiger partial charge in [-0.3, -0.25) is 14.9 Å². The first-order valence-corrected chi connectivity index (χ1v) is 11.5. The van der Waals surface area contributed by atoms with E-state index < -0.39 is 0 Å². The van der Waals surface area contributed by atoms with Crippen LogP contribution in [0.1, 0.15) is 5.56 Å². The minimum absolute atomic E-state index is 0.0848. The van der Waals surface area contributed by atoms with Crippen molar-refractivity contribution in [3.63, 3.8) is 0 Å². The summed E-state index contributed by atoms with van der Waals surface area (Å²) in [4.78, 5) is 29.8. The quantitative estimate of drug-likeness (QED) is 0.356. The number of halogens is 2. The molecule has 0 N–H and O–H groups in total. The highest BCUT2D eigenvalue weighted by molar-refractivity contribution is 6.35. The van der Waals surface area contributed by atoms with E-state index in [1.54, 1.807) is 41.3 Å². The Morgan fingerprint density at radius 1 is 0.970 bits per heavy atom. The van der Waals surface area contributed by atoms with E-state index in [2.05, 4.69) is 4.90 Å². The van der Waals surface area contributed by atoms with Gasteiger partial charge in [0.1, 0.15) is 5.69 Å². The minimum Gasteiger partial charge on any atom is -0.378 e. The third kappa shape index (κ3) is 5.58. The molecule has 33 heavy (non-hydrogen) atoms. The van der Waals surface area contributed by atoms with Gasteiger partial charge < -0.3 is 19.4 Å². The molecule has 8 nitrogen and oxygen atoms in total. The number of benzene rings is 2. The normalized spacial score (nSPS) is 17.0. The first-order chi connectivity index (χ1) is 15.9. The number of nitrogens with zero attached hydrogens (tertiary/aromatic N) is 4. The molecule has 1 amide bonds. The molecule has 2 aliphatic heterocycles. The summed E-state index contributed by atoms with van der Waals surface area (Å²) in [6.45, 7) is 4.74. The molecule has 2 aromatic carbocycles. The van der Waals surface area contributed by atoms with Crippen molar-refractivity contribution in [1.82, 2.24) is 4.90 Å². The molecule has 0 saturated carbocycles. The molecule has 2 aliphatic rings. The molecular formula is C23H24Cl2N4O4. The topological polar surface area (TPSA) is 79.2 Å². The lowest BCUT2D eigenvalue weighted by atomic mass is 10.1. The summed E-state index contributed by atoms with van der Waals surface area (Å²) in [5.41, 5.74) is 2.36. The summed E-state index contributed by atoms with van der Waals surface area (Å²) >= 11 is 12.1. The lowest BCUT2D eigenvalue weighted by Gasteiger charge is -2.36. The van der Waals surface area contributed by atoms with Crippen LogP contribution in [-0.4, -0.2) is 68.2 Å². The monoisotopic (exact) mass is 490 g/mol. The zero-order valence-electron chi connectivity index (χ0n) is 18.0. The van der Waals surface area contributed by atoms with Crippen molar-refractivity contribution in [2.24, 2.45) is 0 Å². The molecule has 0 aromatic heterocycles. The van der Waals surface area contributed by atoms with E-state index in [1.807, 2.05) is 11.0 Å². The number of amides is 1. The van der Waals surface area contributed by atoms with Gasteiger partial charge in [0.25, 0.3) is 5.69 Å². The van der Waals surface area contributed by atoms with Crippen LogP contribution in [0.5, 0.6) is 0 Å². The van der Waals surface area contributed by atoms with Crippen LogP contribution in [0.4, 0.5) is 17.1 Å². The number of nitro groups is 1. The highest BCUT2D eigenvalue weighted by atomic mass is 35.5. The smallest absolute Gasteiger partial charge is 0.292 e. The molecule has 0 unspecified atom stereocenters. The second kappa shape index (κ2) is 10.4. The Bertz CT molecular complexity index is 1060. The molecule has 0 spiro atoms. The highest BCUT2D eigenvalue weighted by Crippen LogP contribution is 2.33. The number of piperazine rings is 1. The fourth-order valence-electron chi connectivity index (χ4n) is 4.01. The lowest BCUT2D eigenvalue weighted by molar-refractivity contribution is -0.384. The molecular weight excluding hydrogens is 467 g/mol. The average Bonchev–Trinajstić information content (AvgIpc) is 2.83. The predicted molar refractivity (Wildman–Crippen MR) is 130 cm³/mol. The molecule has 0 radical (unpaired) electrons. The number of morpholine rings is 1. The van der Waals surface area contributed by atoms with Crippen LogP contribution in [0.3, 0.4) is 0 Å². The van der Waals surface area contributed by atoms with Crippen molar-refractivity contribution in [2.45, 2.75) is 0 Å². The van der Waals surface area contributed by atoms with Gasteiger partial charge in [0.2, 0.25) is 5.91 Å². The van der Waals surface area contributed by atoms with Crippen LogP contribution >= 0.6 is 23.2 Å². The summed E-state index contributed by atoms with van der Waals surface area (Å²) in [7, 11) is 0. The zero-order valence-corrected chi connectivity index (χ0v) is 19.5. The summed E-state index contributed by atoms with van der Waals surface area (Å²) < 4.78 is 5.38. The molecule has 174 valence electrons. The van der Waals surface area contributed by atoms with Crippen LogP contribution in [-0.2, 0) is 9.53 Å². The van der Waals surface area contributed by atoms with Gasteiger partial charge in [-0.1, -0.05) is 29.3 Å². The summed E-state index contributed by atoms with van der Waals surface area (Å²) in [6, 6.07) is 10.4. The highest BCUT2D eigenvalue weighted by Gasteiger charge is 2.25. The van der Waals surface area contributed by atoms with Crippen LogP contribution in [0.15, 0.2) is 42.5 Å². The molecule has 4 rings (SSSR count). The Hall–Kier alpha value is -2.81. The lowest BCUT2D eigenvalue weighted by Crippen LogP contribution is -2.48. The van der Waals surface area contributed by atoms with E-state index in [4.69, 9.17) is 27.9 Å². The van der Waals surface area contributed by atoms with Gasteiger partial charge in [-0.15, -0.1) is 0 Å². The van der Waals surface area contributed by atoms with Crippen LogP contribution in [0.2, 0.25) is 10.0 Å². The number of hydrogen-bond donors (Lipinski definition) is 0. The third-order valence-electron chi connectivity index (χ3n) is 5.83. The Labute approximate surface area is 202 Å². The molecule has 2 saturated heterocycles. The first-order valence-electron chi connectivity index (χ1n) is 10.7. The van der Waals surface area contributed by atoms with Gasteiger partial charge in [-0.05, 0) is 35.9 Å². The number of hydrogen-bond acceptors (Lipinski definition) is 6. The Balaban J connectivity index is 1.41. The Morgan fingerprint density at radius 3 is 2.36 bits per heavy atom. The number of nitro benzene ring substituents is 1. The third-order valence-corrected chi connectivity index (χ3v) is 6.39. The molecule has 2 aromatic rings. The van der Waals surface area contributed by atoms with Crippen LogP contribution < -0.4 is 9.80 Å². The number of ether oxygens (including phenoxy) is 1. The second-order valence-corrected chi connectivity index (χ2v) is 8.68. The summed E-state index contributed by atoms with van der Waals surface area (Å²) in [5.74, 6) is -0.0848. The van der Waals surface area contributed by atoms with Crippen LogP contribution in [0.25, 0.3) is 6.08 Å². The van der Waals surface area contributed by atoms with Gasteiger partial charge in [0.05, 0.1) is 18.1 Å². The standard InChI is InChI=1S/C23H24Cl2N4O4/c24-18-3-1-17(20(25)15-18)2-6-23(30)28-9-7-26(8-10-28)19-4-5-21(29(31)32)22(16-19)27-11-13-33-14-12-27/h1-6,15-16H,7-14H2/b6-2+. The molecule has 2 fully saturated rings. The average molecular weight is 491 g/mol.